The molecule has 0 saturated heterocycles. The number of carbonyl (C=O) groups is 1. The lowest BCUT2D eigenvalue weighted by Crippen LogP contribution is -2.25. The van der Waals surface area contributed by atoms with Gasteiger partial charge in [-0.1, -0.05) is 42.5 Å². The van der Waals surface area contributed by atoms with Crippen molar-refractivity contribution in [3.63, 3.8) is 0 Å². The minimum atomic E-state index is -0.0399. The first-order valence-electron chi connectivity index (χ1n) is 7.91. The van der Waals surface area contributed by atoms with Gasteiger partial charge in [-0.2, -0.15) is 0 Å². The van der Waals surface area contributed by atoms with Gasteiger partial charge >= 0.3 is 0 Å². The molecule has 0 atom stereocenters. The first-order chi connectivity index (χ1) is 11.8. The molecule has 0 aliphatic rings. The van der Waals surface area contributed by atoms with Crippen LogP contribution in [0.4, 0.5) is 0 Å². The molecule has 24 heavy (non-hydrogen) atoms. The van der Waals surface area contributed by atoms with E-state index in [2.05, 4.69) is 16.4 Å². The fraction of sp³-hybridized carbons (Fsp3) is 0.100. The molecular formula is C20H16N2OS. The van der Waals surface area contributed by atoms with E-state index in [1.54, 1.807) is 11.3 Å². The molecule has 4 aromatic rings. The molecule has 4 heteroatoms. The van der Waals surface area contributed by atoms with Crippen molar-refractivity contribution < 1.29 is 4.79 Å². The van der Waals surface area contributed by atoms with Crippen LogP contribution in [0.25, 0.3) is 21.0 Å². The zero-order valence-corrected chi connectivity index (χ0v) is 13.8. The Labute approximate surface area is 144 Å². The van der Waals surface area contributed by atoms with Crippen LogP contribution in [0.2, 0.25) is 0 Å². The maximum atomic E-state index is 12.3. The second-order valence-corrected chi connectivity index (χ2v) is 6.76. The number of aromatic nitrogens is 1. The van der Waals surface area contributed by atoms with Gasteiger partial charge in [-0.25, -0.2) is 4.98 Å². The van der Waals surface area contributed by atoms with E-state index < -0.39 is 0 Å². The van der Waals surface area contributed by atoms with Crippen molar-refractivity contribution in [1.29, 1.82) is 0 Å². The minimum Gasteiger partial charge on any atom is -0.352 e. The average molecular weight is 332 g/mol. The molecule has 0 bridgehead atoms. The molecule has 0 aliphatic carbocycles. The van der Waals surface area contributed by atoms with E-state index in [0.717, 1.165) is 27.7 Å². The van der Waals surface area contributed by atoms with E-state index in [-0.39, 0.29) is 5.91 Å². The van der Waals surface area contributed by atoms with Gasteiger partial charge in [0, 0.05) is 18.5 Å². The zero-order valence-electron chi connectivity index (χ0n) is 13.0. The monoisotopic (exact) mass is 332 g/mol. The number of hydrogen-bond donors (Lipinski definition) is 1. The molecule has 1 heterocycles. The molecule has 1 amide bonds. The lowest BCUT2D eigenvalue weighted by Gasteiger charge is -2.05. The fourth-order valence-electron chi connectivity index (χ4n) is 2.74. The summed E-state index contributed by atoms with van der Waals surface area (Å²) in [5.74, 6) is -0.0399. The van der Waals surface area contributed by atoms with Crippen LogP contribution in [0.1, 0.15) is 15.4 Å². The highest BCUT2D eigenvalue weighted by atomic mass is 32.1. The Morgan fingerprint density at radius 2 is 1.75 bits per heavy atom. The Kier molecular flexibility index (Phi) is 3.97. The zero-order chi connectivity index (χ0) is 16.4. The molecule has 3 aromatic carbocycles. The van der Waals surface area contributed by atoms with Crippen LogP contribution in [-0.4, -0.2) is 17.4 Å². The smallest absolute Gasteiger partial charge is 0.251 e. The summed E-state index contributed by atoms with van der Waals surface area (Å²) in [6.45, 7) is 0.589. The molecule has 4 rings (SSSR count). The number of nitrogens with one attached hydrogen (secondary N) is 1. The van der Waals surface area contributed by atoms with Crippen LogP contribution in [-0.2, 0) is 6.42 Å². The van der Waals surface area contributed by atoms with Gasteiger partial charge in [0.1, 0.15) is 0 Å². The summed E-state index contributed by atoms with van der Waals surface area (Å²) >= 11 is 1.68. The third-order valence-electron chi connectivity index (χ3n) is 3.97. The Bertz CT molecular complexity index is 989. The standard InChI is InChI=1S/C20H16N2OS/c23-20(16-10-9-14-5-1-2-6-15(14)13-16)21-12-11-19-22-17-7-3-4-8-18(17)24-19/h1-10,13H,11-12H2,(H,21,23). The molecule has 0 radical (unpaired) electrons. The third-order valence-corrected chi connectivity index (χ3v) is 5.07. The molecule has 0 spiro atoms. The molecule has 0 unspecified atom stereocenters. The number of hydrogen-bond acceptors (Lipinski definition) is 3. The second kappa shape index (κ2) is 6.42. The van der Waals surface area contributed by atoms with Crippen molar-refractivity contribution in [2.24, 2.45) is 0 Å². The summed E-state index contributed by atoms with van der Waals surface area (Å²) in [4.78, 5) is 16.9. The van der Waals surface area contributed by atoms with E-state index >= 15 is 0 Å². The van der Waals surface area contributed by atoms with Gasteiger partial charge in [-0.15, -0.1) is 11.3 Å². The van der Waals surface area contributed by atoms with Crippen molar-refractivity contribution in [3.05, 3.63) is 77.3 Å². The largest absolute Gasteiger partial charge is 0.352 e. The lowest BCUT2D eigenvalue weighted by atomic mass is 10.1. The van der Waals surface area contributed by atoms with Gasteiger partial charge in [-0.05, 0) is 35.0 Å². The Hall–Kier alpha value is -2.72. The van der Waals surface area contributed by atoms with E-state index in [1.165, 1.54) is 4.70 Å². The molecule has 1 N–H and O–H groups in total. The molecule has 0 saturated carbocycles. The summed E-state index contributed by atoms with van der Waals surface area (Å²) in [5, 5.41) is 6.26. The maximum absolute atomic E-state index is 12.3. The average Bonchev–Trinajstić information content (AvgIpc) is 3.04. The summed E-state index contributed by atoms with van der Waals surface area (Å²) in [5.41, 5.74) is 1.72. The highest BCUT2D eigenvalue weighted by Gasteiger charge is 2.07. The molecular weight excluding hydrogens is 316 g/mol. The number of para-hydroxylation sites is 1. The third kappa shape index (κ3) is 3.01. The summed E-state index contributed by atoms with van der Waals surface area (Å²) in [6, 6.07) is 21.9. The Morgan fingerprint density at radius 3 is 2.62 bits per heavy atom. The van der Waals surface area contributed by atoms with Crippen LogP contribution in [0.15, 0.2) is 66.7 Å². The first kappa shape index (κ1) is 14.8. The van der Waals surface area contributed by atoms with Gasteiger partial charge in [0.05, 0.1) is 15.2 Å². The summed E-state index contributed by atoms with van der Waals surface area (Å²) < 4.78 is 1.19. The van der Waals surface area contributed by atoms with Gasteiger partial charge in [0.15, 0.2) is 0 Å². The summed E-state index contributed by atoms with van der Waals surface area (Å²) in [6.07, 6.45) is 0.749. The van der Waals surface area contributed by atoms with Crippen molar-refractivity contribution in [2.75, 3.05) is 6.54 Å². The topological polar surface area (TPSA) is 42.0 Å². The fourth-order valence-corrected chi connectivity index (χ4v) is 3.71. The number of thiazole rings is 1. The first-order valence-corrected chi connectivity index (χ1v) is 8.73. The molecule has 118 valence electrons. The van der Waals surface area contributed by atoms with Crippen LogP contribution >= 0.6 is 11.3 Å². The number of carbonyl (C=O) groups excluding carboxylic acids is 1. The van der Waals surface area contributed by atoms with Crippen molar-refractivity contribution in [1.82, 2.24) is 10.3 Å². The lowest BCUT2D eigenvalue weighted by molar-refractivity contribution is 0.0954. The highest BCUT2D eigenvalue weighted by molar-refractivity contribution is 7.18. The predicted molar refractivity (Wildman–Crippen MR) is 99.6 cm³/mol. The van der Waals surface area contributed by atoms with Crippen LogP contribution in [0.3, 0.4) is 0 Å². The number of nitrogens with zero attached hydrogens (tertiary/aromatic N) is 1. The Morgan fingerprint density at radius 1 is 0.958 bits per heavy atom. The van der Waals surface area contributed by atoms with Crippen LogP contribution in [0.5, 0.6) is 0 Å². The van der Waals surface area contributed by atoms with Gasteiger partial charge in [-0.3, -0.25) is 4.79 Å². The number of fused-ring (bicyclic) bond motifs is 2. The highest BCUT2D eigenvalue weighted by Crippen LogP contribution is 2.21. The maximum Gasteiger partial charge on any atom is 0.251 e. The normalized spacial score (nSPS) is 11.0. The second-order valence-electron chi connectivity index (χ2n) is 5.64. The van der Waals surface area contributed by atoms with Gasteiger partial charge in [0.25, 0.3) is 5.91 Å². The van der Waals surface area contributed by atoms with E-state index in [1.807, 2.05) is 60.7 Å². The van der Waals surface area contributed by atoms with Crippen molar-refractivity contribution in [2.45, 2.75) is 6.42 Å². The molecule has 0 fully saturated rings. The van der Waals surface area contributed by atoms with Crippen molar-refractivity contribution >= 4 is 38.2 Å². The quantitative estimate of drug-likeness (QED) is 0.601. The van der Waals surface area contributed by atoms with Gasteiger partial charge in [0.2, 0.25) is 0 Å². The molecule has 3 nitrogen and oxygen atoms in total. The van der Waals surface area contributed by atoms with Crippen molar-refractivity contribution in [3.8, 4) is 0 Å². The number of amides is 1. The molecule has 0 aliphatic heterocycles. The number of benzene rings is 3. The number of rotatable bonds is 4. The van der Waals surface area contributed by atoms with E-state index in [9.17, 15) is 4.79 Å². The summed E-state index contributed by atoms with van der Waals surface area (Å²) in [7, 11) is 0. The van der Waals surface area contributed by atoms with Gasteiger partial charge < -0.3 is 5.32 Å². The minimum absolute atomic E-state index is 0.0399. The van der Waals surface area contributed by atoms with E-state index in [0.29, 0.717) is 12.1 Å². The van der Waals surface area contributed by atoms with Crippen LogP contribution < -0.4 is 5.32 Å². The van der Waals surface area contributed by atoms with Crippen LogP contribution in [0, 0.1) is 0 Å². The molecule has 1 aromatic heterocycles. The Balaban J connectivity index is 1.41. The predicted octanol–water partition coefficient (Wildman–Crippen LogP) is 4.42. The SMILES string of the molecule is O=C(NCCc1nc2ccccc2s1)c1ccc2ccccc2c1. The van der Waals surface area contributed by atoms with E-state index in [4.69, 9.17) is 0 Å².